The van der Waals surface area contributed by atoms with Crippen molar-refractivity contribution in [1.82, 2.24) is 19.9 Å². The zero-order valence-corrected chi connectivity index (χ0v) is 20.2. The summed E-state index contributed by atoms with van der Waals surface area (Å²) in [6.07, 6.45) is 4.18. The van der Waals surface area contributed by atoms with E-state index >= 15 is 0 Å². The van der Waals surface area contributed by atoms with Gasteiger partial charge in [0.05, 0.1) is 13.7 Å². The number of aliphatic hydroxyl groups excluding tert-OH is 1. The molecule has 0 aliphatic rings. The molecule has 0 amide bonds. The summed E-state index contributed by atoms with van der Waals surface area (Å²) in [6, 6.07) is 17.2. The highest BCUT2D eigenvalue weighted by molar-refractivity contribution is 8.00. The van der Waals surface area contributed by atoms with Crippen LogP contribution in [0.1, 0.15) is 12.5 Å². The number of aryl methyl sites for hydroxylation is 1. The summed E-state index contributed by atoms with van der Waals surface area (Å²) in [4.78, 5) is 18.6. The van der Waals surface area contributed by atoms with Gasteiger partial charge in [-0.2, -0.15) is 4.98 Å². The molecule has 2 aromatic heterocycles. The third-order valence-electron chi connectivity index (χ3n) is 4.81. The summed E-state index contributed by atoms with van der Waals surface area (Å²) in [5, 5.41) is 9.37. The number of rotatable bonds is 11. The Kier molecular flexibility index (Phi) is 8.31. The molecular formula is C25H25N5O4S. The van der Waals surface area contributed by atoms with E-state index in [4.69, 9.17) is 14.2 Å². The highest BCUT2D eigenvalue weighted by atomic mass is 32.2. The molecule has 0 fully saturated rings. The van der Waals surface area contributed by atoms with Crippen molar-refractivity contribution >= 4 is 17.8 Å². The Morgan fingerprint density at radius 3 is 2.34 bits per heavy atom. The van der Waals surface area contributed by atoms with Crippen molar-refractivity contribution in [2.45, 2.75) is 18.2 Å². The fraction of sp³-hybridized carbons (Fsp3) is 0.200. The molecule has 0 aliphatic heterocycles. The maximum absolute atomic E-state index is 9.37. The summed E-state index contributed by atoms with van der Waals surface area (Å²) in [7, 11) is 1.56. The van der Waals surface area contributed by atoms with Gasteiger partial charge < -0.3 is 24.0 Å². The lowest BCUT2D eigenvalue weighted by atomic mass is 10.2. The van der Waals surface area contributed by atoms with Gasteiger partial charge in [-0.1, -0.05) is 31.2 Å². The first-order valence-electron chi connectivity index (χ1n) is 11.0. The van der Waals surface area contributed by atoms with Gasteiger partial charge in [0.1, 0.15) is 6.61 Å². The lowest BCUT2D eigenvalue weighted by Crippen LogP contribution is -2.09. The lowest BCUT2D eigenvalue weighted by Gasteiger charge is -2.17. The van der Waals surface area contributed by atoms with Crippen molar-refractivity contribution in [2.24, 2.45) is 0 Å². The molecule has 2 heterocycles. The van der Waals surface area contributed by atoms with Gasteiger partial charge in [-0.3, -0.25) is 0 Å². The third-order valence-corrected chi connectivity index (χ3v) is 5.61. The molecule has 9 nitrogen and oxygen atoms in total. The Morgan fingerprint density at radius 2 is 1.66 bits per heavy atom. The van der Waals surface area contributed by atoms with E-state index in [-0.39, 0.29) is 30.7 Å². The second kappa shape index (κ2) is 12.0. The van der Waals surface area contributed by atoms with Crippen LogP contribution < -0.4 is 18.9 Å². The van der Waals surface area contributed by atoms with Crippen molar-refractivity contribution in [3.63, 3.8) is 0 Å². The molecule has 2 aromatic carbocycles. The molecule has 35 heavy (non-hydrogen) atoms. The Labute approximate surface area is 207 Å². The van der Waals surface area contributed by atoms with Crippen LogP contribution in [0.2, 0.25) is 0 Å². The molecule has 2 N–H and O–H groups in total. The molecular weight excluding hydrogens is 466 g/mol. The monoisotopic (exact) mass is 491 g/mol. The number of methoxy groups -OCH3 is 1. The van der Waals surface area contributed by atoms with Crippen LogP contribution in [-0.2, 0) is 6.42 Å². The molecule has 4 rings (SSSR count). The van der Waals surface area contributed by atoms with E-state index in [1.54, 1.807) is 37.7 Å². The van der Waals surface area contributed by atoms with Gasteiger partial charge in [0, 0.05) is 17.3 Å². The molecule has 4 aromatic rings. The zero-order chi connectivity index (χ0) is 24.5. The number of para-hydroxylation sites is 2. The topological polar surface area (TPSA) is 112 Å². The smallest absolute Gasteiger partial charge is 0.263 e. The highest BCUT2D eigenvalue weighted by Gasteiger charge is 2.22. The van der Waals surface area contributed by atoms with E-state index in [0.29, 0.717) is 23.1 Å². The molecule has 0 radical (unpaired) electrons. The number of nitrogens with zero attached hydrogens (tertiary/aromatic N) is 4. The van der Waals surface area contributed by atoms with Crippen LogP contribution in [0.5, 0.6) is 23.1 Å². The number of aliphatic hydroxyl groups is 1. The van der Waals surface area contributed by atoms with Gasteiger partial charge >= 0.3 is 0 Å². The minimum atomic E-state index is -0.198. The molecule has 0 aliphatic carbocycles. The van der Waals surface area contributed by atoms with Gasteiger partial charge in [0.15, 0.2) is 23.1 Å². The Bertz CT molecular complexity index is 1240. The number of aromatic nitrogens is 4. The number of hydrogen-bond acceptors (Lipinski definition) is 10. The van der Waals surface area contributed by atoms with E-state index in [2.05, 4.69) is 43.7 Å². The first kappa shape index (κ1) is 24.2. The zero-order valence-electron chi connectivity index (χ0n) is 19.3. The molecule has 0 atom stereocenters. The van der Waals surface area contributed by atoms with Crippen molar-refractivity contribution in [1.29, 1.82) is 0 Å². The largest absolute Gasteiger partial charge is 0.493 e. The van der Waals surface area contributed by atoms with Crippen molar-refractivity contribution in [3.05, 3.63) is 72.6 Å². The molecule has 10 heteroatoms. The maximum Gasteiger partial charge on any atom is 0.263 e. The first-order chi connectivity index (χ1) is 17.2. The maximum atomic E-state index is 9.37. The van der Waals surface area contributed by atoms with Crippen LogP contribution in [0.3, 0.4) is 0 Å². The van der Waals surface area contributed by atoms with Gasteiger partial charge in [-0.25, -0.2) is 15.0 Å². The van der Waals surface area contributed by atoms with Gasteiger partial charge in [-0.05, 0) is 54.3 Å². The Hall–Kier alpha value is -3.89. The van der Waals surface area contributed by atoms with Crippen LogP contribution in [0.15, 0.2) is 71.9 Å². The molecule has 0 spiro atoms. The summed E-state index contributed by atoms with van der Waals surface area (Å²) >= 11 is 1.37. The third kappa shape index (κ3) is 6.17. The van der Waals surface area contributed by atoms with Gasteiger partial charge in [0.2, 0.25) is 11.6 Å². The van der Waals surface area contributed by atoms with E-state index in [1.807, 2.05) is 24.3 Å². The highest BCUT2D eigenvalue weighted by Crippen LogP contribution is 2.41. The molecule has 0 saturated carbocycles. The average molecular weight is 492 g/mol. The second-order valence-corrected chi connectivity index (χ2v) is 8.01. The summed E-state index contributed by atoms with van der Waals surface area (Å²) < 4.78 is 20.6. The number of anilines is 1. The van der Waals surface area contributed by atoms with Crippen molar-refractivity contribution in [2.75, 3.05) is 25.0 Å². The van der Waals surface area contributed by atoms with Crippen LogP contribution in [-0.4, -0.2) is 45.4 Å². The summed E-state index contributed by atoms with van der Waals surface area (Å²) in [5.41, 5.74) is 1.25. The molecule has 180 valence electrons. The average Bonchev–Trinajstić information content (AvgIpc) is 2.92. The molecule has 0 unspecified atom stereocenters. The molecule has 0 bridgehead atoms. The standard InChI is InChI=1S/C25H25N5O4S/c1-3-17-9-11-18(12-10-17)35-30-22-21(34-20-8-5-4-7-19(20)32-2)25(33-16-15-31)29-24(28-22)23-26-13-6-14-27-23/h4-14,31H,3,15-16H2,1-2H3,(H,28,29,30). The second-order valence-electron chi connectivity index (χ2n) is 7.13. The lowest BCUT2D eigenvalue weighted by molar-refractivity contribution is 0.192. The predicted octanol–water partition coefficient (Wildman–Crippen LogP) is 4.79. The molecule has 0 saturated heterocycles. The van der Waals surface area contributed by atoms with E-state index in [1.165, 1.54) is 17.5 Å². The quantitative estimate of drug-likeness (QED) is 0.284. The van der Waals surface area contributed by atoms with E-state index < -0.39 is 0 Å². The van der Waals surface area contributed by atoms with Crippen LogP contribution in [0.4, 0.5) is 5.82 Å². The fourth-order valence-electron chi connectivity index (χ4n) is 3.06. The summed E-state index contributed by atoms with van der Waals surface area (Å²) in [5.74, 6) is 2.28. The van der Waals surface area contributed by atoms with Crippen LogP contribution in [0.25, 0.3) is 11.6 Å². The predicted molar refractivity (Wildman–Crippen MR) is 134 cm³/mol. The number of benzene rings is 2. The number of nitrogens with one attached hydrogen (secondary N) is 1. The van der Waals surface area contributed by atoms with Crippen molar-refractivity contribution in [3.8, 4) is 34.8 Å². The van der Waals surface area contributed by atoms with Gasteiger partial charge in [0.25, 0.3) is 5.88 Å². The Balaban J connectivity index is 1.76. The van der Waals surface area contributed by atoms with Gasteiger partial charge in [-0.15, -0.1) is 0 Å². The number of hydrogen-bond donors (Lipinski definition) is 2. The minimum Gasteiger partial charge on any atom is -0.493 e. The Morgan fingerprint density at radius 1 is 0.914 bits per heavy atom. The van der Waals surface area contributed by atoms with Crippen molar-refractivity contribution < 1.29 is 19.3 Å². The van der Waals surface area contributed by atoms with Crippen LogP contribution >= 0.6 is 11.9 Å². The fourth-order valence-corrected chi connectivity index (χ4v) is 3.68. The normalized spacial score (nSPS) is 10.6. The minimum absolute atomic E-state index is 0.0133. The summed E-state index contributed by atoms with van der Waals surface area (Å²) in [6.45, 7) is 1.93. The van der Waals surface area contributed by atoms with E-state index in [0.717, 1.165) is 11.3 Å². The first-order valence-corrected chi connectivity index (χ1v) is 11.8. The van der Waals surface area contributed by atoms with Crippen LogP contribution in [0, 0.1) is 0 Å². The van der Waals surface area contributed by atoms with E-state index in [9.17, 15) is 5.11 Å². The SMILES string of the molecule is CCc1ccc(SNc2nc(-c3ncccn3)nc(OCCO)c2Oc2ccccc2OC)cc1. The number of ether oxygens (including phenoxy) is 3.